The lowest BCUT2D eigenvalue weighted by Gasteiger charge is -2.14. The van der Waals surface area contributed by atoms with Gasteiger partial charge < -0.3 is 10.1 Å². The molecule has 0 amide bonds. The number of hydrogen-bond acceptors (Lipinski definition) is 2. The lowest BCUT2D eigenvalue weighted by molar-refractivity contribution is 0.410. The molecule has 0 radical (unpaired) electrons. The molecular weight excluding hydrogens is 393 g/mol. The second kappa shape index (κ2) is 6.64. The van der Waals surface area contributed by atoms with E-state index >= 15 is 0 Å². The van der Waals surface area contributed by atoms with Gasteiger partial charge in [0.05, 0.1) is 12.8 Å². The number of hydrogen-bond donors (Lipinski definition) is 1. The van der Waals surface area contributed by atoms with E-state index in [-0.39, 0.29) is 0 Å². The lowest BCUT2D eigenvalue weighted by atomic mass is 10.2. The van der Waals surface area contributed by atoms with Gasteiger partial charge in [-0.15, -0.1) is 0 Å². The molecule has 5 heteroatoms. The number of para-hydroxylation sites is 1. The summed E-state index contributed by atoms with van der Waals surface area (Å²) in [7, 11) is 1.64. The number of methoxy groups -OCH3 is 1. The Labute approximate surface area is 134 Å². The molecule has 2 aromatic carbocycles. The van der Waals surface area contributed by atoms with Crippen LogP contribution in [0.1, 0.15) is 5.56 Å². The average molecular weight is 406 g/mol. The molecule has 0 aromatic heterocycles. The minimum absolute atomic E-state index is 0.587. The average Bonchev–Trinajstić information content (AvgIpc) is 2.39. The van der Waals surface area contributed by atoms with E-state index in [1.807, 2.05) is 36.4 Å². The number of anilines is 1. The standard InChI is InChI=1S/C14H12Br2ClNO/c1-19-13-7-3-6-12(17)9(13)8-18-14-10(15)4-2-5-11(14)16/h2-7,18H,8H2,1H3. The van der Waals surface area contributed by atoms with Crippen LogP contribution in [0.2, 0.25) is 5.02 Å². The third-order valence-corrected chi connectivity index (χ3v) is 4.38. The Morgan fingerprint density at radius 3 is 2.37 bits per heavy atom. The summed E-state index contributed by atoms with van der Waals surface area (Å²) in [5.41, 5.74) is 1.93. The van der Waals surface area contributed by atoms with Crippen LogP contribution >= 0.6 is 43.5 Å². The van der Waals surface area contributed by atoms with Crippen molar-refractivity contribution in [3.05, 3.63) is 55.9 Å². The predicted molar refractivity (Wildman–Crippen MR) is 87.2 cm³/mol. The first-order valence-electron chi connectivity index (χ1n) is 5.62. The fraction of sp³-hybridized carbons (Fsp3) is 0.143. The summed E-state index contributed by atoms with van der Waals surface area (Å²) in [6, 6.07) is 11.6. The molecule has 100 valence electrons. The molecule has 0 saturated heterocycles. The topological polar surface area (TPSA) is 21.3 Å². The maximum Gasteiger partial charge on any atom is 0.125 e. The van der Waals surface area contributed by atoms with E-state index in [0.29, 0.717) is 11.6 Å². The fourth-order valence-corrected chi connectivity index (χ4v) is 3.26. The van der Waals surface area contributed by atoms with Crippen LogP contribution in [0.4, 0.5) is 5.69 Å². The zero-order valence-corrected chi connectivity index (χ0v) is 14.1. The molecule has 0 fully saturated rings. The van der Waals surface area contributed by atoms with Crippen molar-refractivity contribution in [1.82, 2.24) is 0 Å². The smallest absolute Gasteiger partial charge is 0.125 e. The number of benzene rings is 2. The van der Waals surface area contributed by atoms with Crippen molar-refractivity contribution in [3.8, 4) is 5.75 Å². The van der Waals surface area contributed by atoms with Crippen molar-refractivity contribution in [1.29, 1.82) is 0 Å². The maximum atomic E-state index is 6.21. The molecule has 0 aliphatic rings. The number of halogens is 3. The van der Waals surface area contributed by atoms with Crippen LogP contribution in [0.15, 0.2) is 45.3 Å². The van der Waals surface area contributed by atoms with Gasteiger partial charge >= 0.3 is 0 Å². The quantitative estimate of drug-likeness (QED) is 0.727. The van der Waals surface area contributed by atoms with E-state index in [0.717, 1.165) is 25.9 Å². The van der Waals surface area contributed by atoms with Crippen molar-refractivity contribution in [2.24, 2.45) is 0 Å². The van der Waals surface area contributed by atoms with E-state index in [1.165, 1.54) is 0 Å². The molecule has 0 aliphatic heterocycles. The Bertz CT molecular complexity index is 569. The minimum Gasteiger partial charge on any atom is -0.496 e. The molecule has 2 rings (SSSR count). The van der Waals surface area contributed by atoms with E-state index in [9.17, 15) is 0 Å². The predicted octanol–water partition coefficient (Wildman–Crippen LogP) is 5.49. The van der Waals surface area contributed by atoms with Crippen LogP contribution in [0.3, 0.4) is 0 Å². The maximum absolute atomic E-state index is 6.21. The molecule has 0 bridgehead atoms. The van der Waals surface area contributed by atoms with E-state index in [2.05, 4.69) is 37.2 Å². The molecule has 0 aliphatic carbocycles. The lowest BCUT2D eigenvalue weighted by Crippen LogP contribution is -2.03. The molecular formula is C14H12Br2ClNO. The molecule has 19 heavy (non-hydrogen) atoms. The van der Waals surface area contributed by atoms with Crippen molar-refractivity contribution in [2.75, 3.05) is 12.4 Å². The van der Waals surface area contributed by atoms with E-state index in [1.54, 1.807) is 7.11 Å². The monoisotopic (exact) mass is 403 g/mol. The van der Waals surface area contributed by atoms with Gasteiger partial charge in [-0.2, -0.15) is 0 Å². The van der Waals surface area contributed by atoms with Crippen LogP contribution in [0.25, 0.3) is 0 Å². The van der Waals surface area contributed by atoms with Gasteiger partial charge in [0.1, 0.15) is 5.75 Å². The summed E-state index contributed by atoms with van der Waals surface area (Å²) in [4.78, 5) is 0. The first-order chi connectivity index (χ1) is 9.13. The Morgan fingerprint density at radius 2 is 1.74 bits per heavy atom. The van der Waals surface area contributed by atoms with Crippen molar-refractivity contribution < 1.29 is 4.74 Å². The zero-order valence-electron chi connectivity index (χ0n) is 10.2. The molecule has 0 saturated carbocycles. The summed E-state index contributed by atoms with van der Waals surface area (Å²) < 4.78 is 7.31. The molecule has 0 heterocycles. The van der Waals surface area contributed by atoms with Gasteiger partial charge in [0.2, 0.25) is 0 Å². The Balaban J connectivity index is 2.24. The Hall–Kier alpha value is -0.710. The highest BCUT2D eigenvalue weighted by molar-refractivity contribution is 9.11. The van der Waals surface area contributed by atoms with Crippen molar-refractivity contribution >= 4 is 49.1 Å². The number of nitrogens with one attached hydrogen (secondary N) is 1. The van der Waals surface area contributed by atoms with Crippen LogP contribution < -0.4 is 10.1 Å². The van der Waals surface area contributed by atoms with Gasteiger partial charge in [-0.25, -0.2) is 0 Å². The largest absolute Gasteiger partial charge is 0.496 e. The van der Waals surface area contributed by atoms with Gasteiger partial charge in [-0.1, -0.05) is 23.7 Å². The third-order valence-electron chi connectivity index (χ3n) is 2.70. The normalized spacial score (nSPS) is 10.3. The van der Waals surface area contributed by atoms with Crippen molar-refractivity contribution in [3.63, 3.8) is 0 Å². The first kappa shape index (κ1) is 14.7. The second-order valence-electron chi connectivity index (χ2n) is 3.87. The Kier molecular flexibility index (Phi) is 5.13. The second-order valence-corrected chi connectivity index (χ2v) is 5.99. The van der Waals surface area contributed by atoms with Gasteiger partial charge in [0.15, 0.2) is 0 Å². The van der Waals surface area contributed by atoms with Crippen molar-refractivity contribution in [2.45, 2.75) is 6.54 Å². The Morgan fingerprint density at radius 1 is 1.11 bits per heavy atom. The van der Waals surface area contributed by atoms with Gasteiger partial charge in [0.25, 0.3) is 0 Å². The number of ether oxygens (including phenoxy) is 1. The van der Waals surface area contributed by atoms with E-state index < -0.39 is 0 Å². The highest BCUT2D eigenvalue weighted by Crippen LogP contribution is 2.33. The molecule has 0 spiro atoms. The molecule has 2 aromatic rings. The van der Waals surface area contributed by atoms with Crippen LogP contribution in [0.5, 0.6) is 5.75 Å². The SMILES string of the molecule is COc1cccc(Cl)c1CNc1c(Br)cccc1Br. The zero-order chi connectivity index (χ0) is 13.8. The van der Waals surface area contributed by atoms with Crippen LogP contribution in [0, 0.1) is 0 Å². The molecule has 2 nitrogen and oxygen atoms in total. The van der Waals surface area contributed by atoms with Crippen LogP contribution in [-0.4, -0.2) is 7.11 Å². The highest BCUT2D eigenvalue weighted by Gasteiger charge is 2.09. The third kappa shape index (κ3) is 3.44. The van der Waals surface area contributed by atoms with Gasteiger partial charge in [0, 0.05) is 26.1 Å². The molecule has 1 N–H and O–H groups in total. The van der Waals surface area contributed by atoms with Gasteiger partial charge in [-0.3, -0.25) is 0 Å². The van der Waals surface area contributed by atoms with Crippen LogP contribution in [-0.2, 0) is 6.54 Å². The van der Waals surface area contributed by atoms with E-state index in [4.69, 9.17) is 16.3 Å². The summed E-state index contributed by atoms with van der Waals surface area (Å²) in [5, 5.41) is 4.04. The fourth-order valence-electron chi connectivity index (χ4n) is 1.75. The summed E-state index contributed by atoms with van der Waals surface area (Å²) in [6.07, 6.45) is 0. The molecule has 0 unspecified atom stereocenters. The number of rotatable bonds is 4. The summed E-state index contributed by atoms with van der Waals surface area (Å²) >= 11 is 13.2. The van der Waals surface area contributed by atoms with Gasteiger partial charge in [-0.05, 0) is 56.1 Å². The first-order valence-corrected chi connectivity index (χ1v) is 7.59. The minimum atomic E-state index is 0.587. The summed E-state index contributed by atoms with van der Waals surface area (Å²) in [5.74, 6) is 0.781. The summed E-state index contributed by atoms with van der Waals surface area (Å²) in [6.45, 7) is 0.587. The highest BCUT2D eigenvalue weighted by atomic mass is 79.9. The molecule has 0 atom stereocenters.